The van der Waals surface area contributed by atoms with Crippen molar-refractivity contribution in [3.63, 3.8) is 0 Å². The Hall–Kier alpha value is -0.960. The van der Waals surface area contributed by atoms with Gasteiger partial charge in [-0.1, -0.05) is 0 Å². The van der Waals surface area contributed by atoms with Crippen LogP contribution in [0.2, 0.25) is 0 Å². The zero-order chi connectivity index (χ0) is 8.27. The molecule has 1 rings (SSSR count). The van der Waals surface area contributed by atoms with E-state index in [1.165, 1.54) is 0 Å². The molecule has 2 N–H and O–H groups in total. The Labute approximate surface area is 66.7 Å². The Kier molecular flexibility index (Phi) is 2.54. The molecule has 0 aliphatic rings. The molecule has 0 atom stereocenters. The molecule has 11 heavy (non-hydrogen) atoms. The molecule has 1 aromatic heterocycles. The molecule has 3 heteroatoms. The van der Waals surface area contributed by atoms with Crippen LogP contribution in [-0.2, 0) is 6.42 Å². The Morgan fingerprint density at radius 3 is 2.64 bits per heavy atom. The van der Waals surface area contributed by atoms with Crippen LogP contribution < -0.4 is 5.73 Å². The van der Waals surface area contributed by atoms with Gasteiger partial charge in [-0.25, -0.2) is 9.97 Å². The van der Waals surface area contributed by atoms with Crippen molar-refractivity contribution < 1.29 is 0 Å². The SMILES string of the molecule is Cc1cc(CCN)nc(C)n1. The van der Waals surface area contributed by atoms with Crippen molar-refractivity contribution in [3.05, 3.63) is 23.3 Å². The number of aryl methyl sites for hydroxylation is 2. The highest BCUT2D eigenvalue weighted by atomic mass is 14.9. The highest BCUT2D eigenvalue weighted by molar-refractivity contribution is 5.09. The van der Waals surface area contributed by atoms with E-state index in [0.29, 0.717) is 6.54 Å². The smallest absolute Gasteiger partial charge is 0.125 e. The summed E-state index contributed by atoms with van der Waals surface area (Å²) in [5.74, 6) is 0.827. The summed E-state index contributed by atoms with van der Waals surface area (Å²) >= 11 is 0. The summed E-state index contributed by atoms with van der Waals surface area (Å²) in [5.41, 5.74) is 7.45. The van der Waals surface area contributed by atoms with Gasteiger partial charge in [0.2, 0.25) is 0 Å². The lowest BCUT2D eigenvalue weighted by Crippen LogP contribution is -2.06. The molecular formula is C8H13N3. The number of nitrogens with zero attached hydrogens (tertiary/aromatic N) is 2. The summed E-state index contributed by atoms with van der Waals surface area (Å²) in [7, 11) is 0. The van der Waals surface area contributed by atoms with Crippen molar-refractivity contribution in [2.24, 2.45) is 5.73 Å². The van der Waals surface area contributed by atoms with Crippen LogP contribution in [0.5, 0.6) is 0 Å². The largest absolute Gasteiger partial charge is 0.330 e. The molecule has 0 aliphatic heterocycles. The number of hydrogen-bond donors (Lipinski definition) is 1. The van der Waals surface area contributed by atoms with Gasteiger partial charge < -0.3 is 5.73 Å². The summed E-state index contributed by atoms with van der Waals surface area (Å²) in [6.45, 7) is 4.51. The number of nitrogens with two attached hydrogens (primary N) is 1. The second-order valence-corrected chi connectivity index (χ2v) is 2.59. The maximum Gasteiger partial charge on any atom is 0.125 e. The topological polar surface area (TPSA) is 51.8 Å². The molecule has 0 saturated carbocycles. The van der Waals surface area contributed by atoms with Crippen LogP contribution in [0.1, 0.15) is 17.2 Å². The second kappa shape index (κ2) is 3.44. The molecule has 0 saturated heterocycles. The highest BCUT2D eigenvalue weighted by Crippen LogP contribution is 1.99. The van der Waals surface area contributed by atoms with Crippen molar-refractivity contribution in [1.29, 1.82) is 0 Å². The first-order chi connectivity index (χ1) is 5.22. The average molecular weight is 151 g/mol. The number of aromatic nitrogens is 2. The first-order valence-electron chi connectivity index (χ1n) is 3.73. The zero-order valence-corrected chi connectivity index (χ0v) is 6.96. The maximum absolute atomic E-state index is 5.40. The van der Waals surface area contributed by atoms with E-state index in [1.54, 1.807) is 0 Å². The molecule has 0 fully saturated rings. The summed E-state index contributed by atoms with van der Waals surface area (Å²) in [6, 6.07) is 1.97. The lowest BCUT2D eigenvalue weighted by Gasteiger charge is -2.00. The summed E-state index contributed by atoms with van der Waals surface area (Å²) in [4.78, 5) is 8.40. The van der Waals surface area contributed by atoms with E-state index in [0.717, 1.165) is 23.6 Å². The van der Waals surface area contributed by atoms with E-state index in [9.17, 15) is 0 Å². The molecule has 60 valence electrons. The van der Waals surface area contributed by atoms with Gasteiger partial charge in [-0.2, -0.15) is 0 Å². The van der Waals surface area contributed by atoms with Crippen LogP contribution in [0.25, 0.3) is 0 Å². The van der Waals surface area contributed by atoms with Gasteiger partial charge in [0.25, 0.3) is 0 Å². The maximum atomic E-state index is 5.40. The van der Waals surface area contributed by atoms with Gasteiger partial charge in [0, 0.05) is 17.8 Å². The van der Waals surface area contributed by atoms with E-state index >= 15 is 0 Å². The van der Waals surface area contributed by atoms with Crippen molar-refractivity contribution >= 4 is 0 Å². The first kappa shape index (κ1) is 8.14. The molecule has 1 heterocycles. The van der Waals surface area contributed by atoms with E-state index in [4.69, 9.17) is 5.73 Å². The summed E-state index contributed by atoms with van der Waals surface area (Å²) in [5, 5.41) is 0. The minimum absolute atomic E-state index is 0.649. The van der Waals surface area contributed by atoms with Crippen molar-refractivity contribution in [3.8, 4) is 0 Å². The van der Waals surface area contributed by atoms with Crippen LogP contribution in [-0.4, -0.2) is 16.5 Å². The zero-order valence-electron chi connectivity index (χ0n) is 6.96. The monoisotopic (exact) mass is 151 g/mol. The third-order valence-corrected chi connectivity index (χ3v) is 1.42. The molecule has 0 aromatic carbocycles. The van der Waals surface area contributed by atoms with E-state index in [1.807, 2.05) is 19.9 Å². The number of hydrogen-bond acceptors (Lipinski definition) is 3. The van der Waals surface area contributed by atoms with Crippen LogP contribution in [0.15, 0.2) is 6.07 Å². The fourth-order valence-electron chi connectivity index (χ4n) is 1.07. The van der Waals surface area contributed by atoms with Crippen LogP contribution >= 0.6 is 0 Å². The van der Waals surface area contributed by atoms with Crippen molar-refractivity contribution in [1.82, 2.24) is 9.97 Å². The highest BCUT2D eigenvalue weighted by Gasteiger charge is 1.96. The summed E-state index contributed by atoms with van der Waals surface area (Å²) < 4.78 is 0. The second-order valence-electron chi connectivity index (χ2n) is 2.59. The Bertz CT molecular complexity index is 225. The van der Waals surface area contributed by atoms with Gasteiger partial charge >= 0.3 is 0 Å². The average Bonchev–Trinajstić information content (AvgIpc) is 1.85. The minimum atomic E-state index is 0.649. The fraction of sp³-hybridized carbons (Fsp3) is 0.500. The van der Waals surface area contributed by atoms with Crippen LogP contribution in [0.4, 0.5) is 0 Å². The van der Waals surface area contributed by atoms with E-state index < -0.39 is 0 Å². The van der Waals surface area contributed by atoms with Gasteiger partial charge in [0.15, 0.2) is 0 Å². The molecule has 0 aliphatic carbocycles. The van der Waals surface area contributed by atoms with Gasteiger partial charge in [-0.15, -0.1) is 0 Å². The summed E-state index contributed by atoms with van der Waals surface area (Å²) in [6.07, 6.45) is 0.837. The molecule has 1 aromatic rings. The molecule has 0 amide bonds. The van der Waals surface area contributed by atoms with Gasteiger partial charge in [0.05, 0.1) is 0 Å². The standard InChI is InChI=1S/C8H13N3/c1-6-5-8(3-4-9)11-7(2)10-6/h5H,3-4,9H2,1-2H3. The first-order valence-corrected chi connectivity index (χ1v) is 3.73. The minimum Gasteiger partial charge on any atom is -0.330 e. The Morgan fingerprint density at radius 2 is 2.09 bits per heavy atom. The quantitative estimate of drug-likeness (QED) is 0.673. The van der Waals surface area contributed by atoms with Gasteiger partial charge in [-0.3, -0.25) is 0 Å². The third kappa shape index (κ3) is 2.27. The normalized spacial score (nSPS) is 10.1. The molecule has 0 unspecified atom stereocenters. The lowest BCUT2D eigenvalue weighted by molar-refractivity contribution is 0.876. The number of rotatable bonds is 2. The van der Waals surface area contributed by atoms with Crippen molar-refractivity contribution in [2.45, 2.75) is 20.3 Å². The molecule has 0 spiro atoms. The molecule has 3 nitrogen and oxygen atoms in total. The lowest BCUT2D eigenvalue weighted by atomic mass is 10.2. The Balaban J connectivity index is 2.89. The van der Waals surface area contributed by atoms with Gasteiger partial charge in [0.1, 0.15) is 5.82 Å². The predicted molar refractivity (Wildman–Crippen MR) is 44.3 cm³/mol. The Morgan fingerprint density at radius 1 is 1.36 bits per heavy atom. The van der Waals surface area contributed by atoms with Crippen molar-refractivity contribution in [2.75, 3.05) is 6.54 Å². The molecular weight excluding hydrogens is 138 g/mol. The van der Waals surface area contributed by atoms with E-state index in [2.05, 4.69) is 9.97 Å². The predicted octanol–water partition coefficient (Wildman–Crippen LogP) is 0.595. The van der Waals surface area contributed by atoms with Gasteiger partial charge in [-0.05, 0) is 26.5 Å². The third-order valence-electron chi connectivity index (χ3n) is 1.42. The van der Waals surface area contributed by atoms with Crippen LogP contribution in [0.3, 0.4) is 0 Å². The van der Waals surface area contributed by atoms with Crippen LogP contribution in [0, 0.1) is 13.8 Å². The van der Waals surface area contributed by atoms with E-state index in [-0.39, 0.29) is 0 Å². The molecule has 0 radical (unpaired) electrons. The molecule has 0 bridgehead atoms. The fourth-order valence-corrected chi connectivity index (χ4v) is 1.07.